The molecule has 2 N–H and O–H groups in total. The molecule has 19 heavy (non-hydrogen) atoms. The van der Waals surface area contributed by atoms with Crippen molar-refractivity contribution in [3.63, 3.8) is 0 Å². The van der Waals surface area contributed by atoms with Crippen LogP contribution in [0.3, 0.4) is 0 Å². The average molecular weight is 268 g/mol. The Morgan fingerprint density at radius 3 is 2.63 bits per heavy atom. The molecule has 2 rings (SSSR count). The number of ether oxygens (including phenoxy) is 1. The van der Waals surface area contributed by atoms with E-state index in [-0.39, 0.29) is 6.09 Å². The zero-order valence-corrected chi connectivity index (χ0v) is 12.7. The second-order valence-electron chi connectivity index (χ2n) is 7.54. The number of carbonyl (C=O) groups is 1. The van der Waals surface area contributed by atoms with Gasteiger partial charge >= 0.3 is 6.09 Å². The molecule has 0 radical (unpaired) electrons. The highest BCUT2D eigenvalue weighted by Crippen LogP contribution is 2.45. The van der Waals surface area contributed by atoms with Crippen LogP contribution in [0.5, 0.6) is 0 Å². The van der Waals surface area contributed by atoms with Gasteiger partial charge in [-0.25, -0.2) is 4.79 Å². The zero-order chi connectivity index (χ0) is 14.3. The molecule has 1 spiro atoms. The fourth-order valence-corrected chi connectivity index (χ4v) is 3.48. The Hall–Kier alpha value is -0.770. The lowest BCUT2D eigenvalue weighted by Gasteiger charge is -2.40. The molecule has 2 aliphatic rings. The van der Waals surface area contributed by atoms with Gasteiger partial charge in [-0.3, -0.25) is 0 Å². The molecule has 1 aliphatic carbocycles. The van der Waals surface area contributed by atoms with Crippen LogP contribution in [0.4, 0.5) is 4.79 Å². The van der Waals surface area contributed by atoms with Gasteiger partial charge in [0, 0.05) is 19.1 Å². The minimum Gasteiger partial charge on any atom is -0.444 e. The lowest BCUT2D eigenvalue weighted by molar-refractivity contribution is 0.0251. The van der Waals surface area contributed by atoms with Gasteiger partial charge in [-0.1, -0.05) is 6.92 Å². The smallest absolute Gasteiger partial charge is 0.410 e. The standard InChI is InChI=1S/C15H28N2O2/c1-11-9-15(6-5-12(11)16)7-8-17(10-15)13(18)19-14(2,3)4/h11-12H,5-10,16H2,1-4H3/t11-,12-,15-/m0/s1. The van der Waals surface area contributed by atoms with Crippen molar-refractivity contribution in [1.29, 1.82) is 0 Å². The van der Waals surface area contributed by atoms with Gasteiger partial charge in [0.25, 0.3) is 0 Å². The number of nitrogens with two attached hydrogens (primary N) is 1. The van der Waals surface area contributed by atoms with Gasteiger partial charge in [0.15, 0.2) is 0 Å². The van der Waals surface area contributed by atoms with E-state index in [0.717, 1.165) is 38.8 Å². The second kappa shape index (κ2) is 4.97. The Kier molecular flexibility index (Phi) is 3.83. The van der Waals surface area contributed by atoms with Gasteiger partial charge in [-0.15, -0.1) is 0 Å². The molecule has 0 aromatic heterocycles. The van der Waals surface area contributed by atoms with E-state index in [1.165, 1.54) is 0 Å². The summed E-state index contributed by atoms with van der Waals surface area (Å²) in [6, 6.07) is 0.334. The first-order valence-electron chi connectivity index (χ1n) is 7.44. The number of hydrogen-bond donors (Lipinski definition) is 1. The highest BCUT2D eigenvalue weighted by molar-refractivity contribution is 5.68. The normalized spacial score (nSPS) is 35.7. The van der Waals surface area contributed by atoms with Gasteiger partial charge in [0.1, 0.15) is 5.60 Å². The van der Waals surface area contributed by atoms with Crippen LogP contribution in [-0.4, -0.2) is 35.7 Å². The fraction of sp³-hybridized carbons (Fsp3) is 0.933. The monoisotopic (exact) mass is 268 g/mol. The molecule has 4 heteroatoms. The third-order valence-electron chi connectivity index (χ3n) is 4.58. The summed E-state index contributed by atoms with van der Waals surface area (Å²) >= 11 is 0. The highest BCUT2D eigenvalue weighted by Gasteiger charge is 2.44. The number of nitrogens with zero attached hydrogens (tertiary/aromatic N) is 1. The SMILES string of the molecule is C[C@H]1C[C@]2(CC[C@@H]1N)CCN(C(=O)OC(C)(C)C)C2. The predicted octanol–water partition coefficient (Wildman–Crippen LogP) is 2.76. The van der Waals surface area contributed by atoms with E-state index < -0.39 is 5.60 Å². The van der Waals surface area contributed by atoms with Crippen LogP contribution >= 0.6 is 0 Å². The first-order valence-corrected chi connectivity index (χ1v) is 7.44. The third kappa shape index (κ3) is 3.41. The summed E-state index contributed by atoms with van der Waals surface area (Å²) in [5.74, 6) is 0.562. The van der Waals surface area contributed by atoms with E-state index >= 15 is 0 Å². The van der Waals surface area contributed by atoms with Crippen LogP contribution in [-0.2, 0) is 4.74 Å². The molecule has 1 saturated heterocycles. The van der Waals surface area contributed by atoms with Crippen LogP contribution < -0.4 is 5.73 Å². The maximum Gasteiger partial charge on any atom is 0.410 e. The summed E-state index contributed by atoms with van der Waals surface area (Å²) in [7, 11) is 0. The Balaban J connectivity index is 1.94. The minimum absolute atomic E-state index is 0.160. The van der Waals surface area contributed by atoms with Crippen LogP contribution in [0.15, 0.2) is 0 Å². The Morgan fingerprint density at radius 2 is 2.05 bits per heavy atom. The molecule has 0 aromatic carbocycles. The lowest BCUT2D eigenvalue weighted by atomic mass is 9.68. The molecule has 0 bridgehead atoms. The van der Waals surface area contributed by atoms with E-state index in [0.29, 0.717) is 17.4 Å². The second-order valence-corrected chi connectivity index (χ2v) is 7.54. The molecular formula is C15H28N2O2. The van der Waals surface area contributed by atoms with Crippen molar-refractivity contribution in [2.75, 3.05) is 13.1 Å². The van der Waals surface area contributed by atoms with E-state index in [2.05, 4.69) is 6.92 Å². The van der Waals surface area contributed by atoms with Crippen molar-refractivity contribution in [2.24, 2.45) is 17.1 Å². The Labute approximate surface area is 116 Å². The lowest BCUT2D eigenvalue weighted by Crippen LogP contribution is -2.42. The summed E-state index contributed by atoms with van der Waals surface area (Å²) < 4.78 is 5.47. The maximum atomic E-state index is 12.1. The number of carbonyl (C=O) groups excluding carboxylic acids is 1. The third-order valence-corrected chi connectivity index (χ3v) is 4.58. The molecule has 1 heterocycles. The Morgan fingerprint density at radius 1 is 1.37 bits per heavy atom. The summed E-state index contributed by atoms with van der Waals surface area (Å²) in [4.78, 5) is 14.0. The molecule has 2 fully saturated rings. The zero-order valence-electron chi connectivity index (χ0n) is 12.7. The van der Waals surface area contributed by atoms with Gasteiger partial charge in [-0.2, -0.15) is 0 Å². The predicted molar refractivity (Wildman–Crippen MR) is 75.8 cm³/mol. The molecule has 1 aliphatic heterocycles. The molecule has 3 atom stereocenters. The van der Waals surface area contributed by atoms with Crippen molar-refractivity contribution >= 4 is 6.09 Å². The number of likely N-dealkylation sites (tertiary alicyclic amines) is 1. The highest BCUT2D eigenvalue weighted by atomic mass is 16.6. The van der Waals surface area contributed by atoms with E-state index in [9.17, 15) is 4.79 Å². The molecule has 4 nitrogen and oxygen atoms in total. The first kappa shape index (κ1) is 14.6. The molecule has 1 saturated carbocycles. The van der Waals surface area contributed by atoms with Gasteiger partial charge < -0.3 is 15.4 Å². The molecular weight excluding hydrogens is 240 g/mol. The average Bonchev–Trinajstić information content (AvgIpc) is 2.66. The van der Waals surface area contributed by atoms with Crippen LogP contribution in [0.1, 0.15) is 53.4 Å². The number of hydrogen-bond acceptors (Lipinski definition) is 3. The largest absolute Gasteiger partial charge is 0.444 e. The van der Waals surface area contributed by atoms with Crippen molar-refractivity contribution in [1.82, 2.24) is 4.90 Å². The number of rotatable bonds is 0. The molecule has 1 amide bonds. The molecule has 110 valence electrons. The summed E-state index contributed by atoms with van der Waals surface area (Å²) in [5.41, 5.74) is 5.99. The molecule has 0 unspecified atom stereocenters. The summed E-state index contributed by atoms with van der Waals surface area (Å²) in [6.07, 6.45) is 4.32. The topological polar surface area (TPSA) is 55.6 Å². The first-order chi connectivity index (χ1) is 8.71. The van der Waals surface area contributed by atoms with Crippen LogP contribution in [0, 0.1) is 11.3 Å². The van der Waals surface area contributed by atoms with Crippen molar-refractivity contribution in [3.8, 4) is 0 Å². The van der Waals surface area contributed by atoms with E-state index in [4.69, 9.17) is 10.5 Å². The van der Waals surface area contributed by atoms with Gasteiger partial charge in [-0.05, 0) is 57.8 Å². The van der Waals surface area contributed by atoms with Crippen LogP contribution in [0.2, 0.25) is 0 Å². The minimum atomic E-state index is -0.408. The molecule has 0 aromatic rings. The van der Waals surface area contributed by atoms with E-state index in [1.54, 1.807) is 0 Å². The van der Waals surface area contributed by atoms with Crippen molar-refractivity contribution in [2.45, 2.75) is 65.0 Å². The maximum absolute atomic E-state index is 12.1. The fourth-order valence-electron chi connectivity index (χ4n) is 3.48. The van der Waals surface area contributed by atoms with Crippen LogP contribution in [0.25, 0.3) is 0 Å². The van der Waals surface area contributed by atoms with E-state index in [1.807, 2.05) is 25.7 Å². The Bertz CT molecular complexity index is 351. The van der Waals surface area contributed by atoms with Crippen molar-refractivity contribution in [3.05, 3.63) is 0 Å². The number of amides is 1. The quantitative estimate of drug-likeness (QED) is 0.735. The van der Waals surface area contributed by atoms with Gasteiger partial charge in [0.05, 0.1) is 0 Å². The summed E-state index contributed by atoms with van der Waals surface area (Å²) in [6.45, 7) is 9.66. The van der Waals surface area contributed by atoms with Crippen molar-refractivity contribution < 1.29 is 9.53 Å². The summed E-state index contributed by atoms with van der Waals surface area (Å²) in [5, 5.41) is 0. The van der Waals surface area contributed by atoms with Gasteiger partial charge in [0.2, 0.25) is 0 Å².